The maximum atomic E-state index is 12.7. The molecule has 0 saturated carbocycles. The van der Waals surface area contributed by atoms with E-state index in [9.17, 15) is 4.79 Å². The average molecular weight is 292 g/mol. The summed E-state index contributed by atoms with van der Waals surface area (Å²) in [4.78, 5) is 21.3. The van der Waals surface area contributed by atoms with Crippen LogP contribution in [0.5, 0.6) is 0 Å². The summed E-state index contributed by atoms with van der Waals surface area (Å²) in [5, 5.41) is 6.16. The molecule has 3 heterocycles. The summed E-state index contributed by atoms with van der Waals surface area (Å²) in [5.41, 5.74) is 0.0667. The van der Waals surface area contributed by atoms with Crippen LogP contribution in [0.3, 0.4) is 0 Å². The molecule has 1 saturated heterocycles. The first kappa shape index (κ1) is 13.6. The van der Waals surface area contributed by atoms with Crippen LogP contribution < -0.4 is 0 Å². The van der Waals surface area contributed by atoms with Crippen molar-refractivity contribution in [3.05, 3.63) is 22.4 Å². The fourth-order valence-corrected chi connectivity index (χ4v) is 3.64. The Balaban J connectivity index is 1.70. The number of hydrogen-bond donors (Lipinski definition) is 0. The molecule has 0 N–H and O–H groups in total. The second kappa shape index (κ2) is 5.20. The van der Waals surface area contributed by atoms with E-state index in [4.69, 9.17) is 4.84 Å². The molecule has 1 fully saturated rings. The number of rotatable bonds is 2. The number of likely N-dealkylation sites (tertiary alicyclic amines) is 1. The van der Waals surface area contributed by atoms with Gasteiger partial charge in [-0.15, -0.1) is 11.3 Å². The van der Waals surface area contributed by atoms with Gasteiger partial charge in [0, 0.05) is 19.5 Å². The highest BCUT2D eigenvalue weighted by atomic mass is 32.1. The van der Waals surface area contributed by atoms with Crippen molar-refractivity contribution in [3.8, 4) is 0 Å². The minimum Gasteiger partial charge on any atom is -0.379 e. The number of carbonyl (C=O) groups is 1. The largest absolute Gasteiger partial charge is 0.379 e. The van der Waals surface area contributed by atoms with Gasteiger partial charge in [0.25, 0.3) is 5.91 Å². The summed E-state index contributed by atoms with van der Waals surface area (Å²) in [6, 6.07) is 4.01. The van der Waals surface area contributed by atoms with Crippen molar-refractivity contribution in [1.29, 1.82) is 0 Å². The molecule has 2 aliphatic rings. The van der Waals surface area contributed by atoms with E-state index in [0.29, 0.717) is 12.3 Å². The van der Waals surface area contributed by atoms with Gasteiger partial charge in [0.1, 0.15) is 5.71 Å². The Morgan fingerprint density at radius 3 is 3.15 bits per heavy atom. The number of carbonyl (C=O) groups excluding carboxylic acids is 1. The first-order valence-electron chi connectivity index (χ1n) is 7.17. The van der Waals surface area contributed by atoms with E-state index < -0.39 is 5.60 Å². The lowest BCUT2D eigenvalue weighted by Gasteiger charge is -2.35. The van der Waals surface area contributed by atoms with Crippen LogP contribution in [0.2, 0.25) is 0 Å². The third kappa shape index (κ3) is 2.46. The number of thiophene rings is 1. The quantitative estimate of drug-likeness (QED) is 0.841. The Kier molecular flexibility index (Phi) is 3.54. The molecule has 0 aliphatic carbocycles. The molecule has 3 rings (SSSR count). The molecule has 2 unspecified atom stereocenters. The molecular weight excluding hydrogens is 272 g/mol. The normalized spacial score (nSPS) is 30.0. The Morgan fingerprint density at radius 2 is 2.45 bits per heavy atom. The van der Waals surface area contributed by atoms with Crippen LogP contribution in [-0.2, 0) is 9.63 Å². The summed E-state index contributed by atoms with van der Waals surface area (Å²) < 4.78 is 0. The van der Waals surface area contributed by atoms with E-state index >= 15 is 0 Å². The molecule has 20 heavy (non-hydrogen) atoms. The first-order chi connectivity index (χ1) is 9.58. The predicted molar refractivity (Wildman–Crippen MR) is 79.9 cm³/mol. The Labute approximate surface area is 123 Å². The van der Waals surface area contributed by atoms with Gasteiger partial charge in [-0.05, 0) is 37.1 Å². The van der Waals surface area contributed by atoms with Crippen molar-refractivity contribution in [2.45, 2.75) is 38.7 Å². The van der Waals surface area contributed by atoms with Gasteiger partial charge in [0.15, 0.2) is 0 Å². The zero-order valence-electron chi connectivity index (χ0n) is 12.0. The molecule has 0 radical (unpaired) electrons. The van der Waals surface area contributed by atoms with Gasteiger partial charge < -0.3 is 9.74 Å². The summed E-state index contributed by atoms with van der Waals surface area (Å²) in [6.07, 6.45) is 2.86. The molecule has 5 heteroatoms. The number of piperidine rings is 1. The summed E-state index contributed by atoms with van der Waals surface area (Å²) in [7, 11) is 0. The fraction of sp³-hybridized carbons (Fsp3) is 0.600. The summed E-state index contributed by atoms with van der Waals surface area (Å²) >= 11 is 1.63. The third-order valence-electron chi connectivity index (χ3n) is 4.06. The molecule has 0 spiro atoms. The number of hydrogen-bond acceptors (Lipinski definition) is 4. The minimum absolute atomic E-state index is 0.0827. The van der Waals surface area contributed by atoms with Gasteiger partial charge in [0.2, 0.25) is 5.60 Å². The van der Waals surface area contributed by atoms with Crippen molar-refractivity contribution >= 4 is 23.0 Å². The van der Waals surface area contributed by atoms with Gasteiger partial charge in [-0.3, -0.25) is 4.79 Å². The predicted octanol–water partition coefficient (Wildman–Crippen LogP) is 2.89. The van der Waals surface area contributed by atoms with Gasteiger partial charge in [0.05, 0.1) is 4.88 Å². The molecular formula is C15H20N2O2S. The van der Waals surface area contributed by atoms with E-state index in [1.54, 1.807) is 11.3 Å². The average Bonchev–Trinajstić information content (AvgIpc) is 3.07. The van der Waals surface area contributed by atoms with Gasteiger partial charge >= 0.3 is 0 Å². The molecule has 1 aromatic rings. The molecule has 1 amide bonds. The fourth-order valence-electron chi connectivity index (χ4n) is 2.94. The maximum absolute atomic E-state index is 12.7. The van der Waals surface area contributed by atoms with Crippen LogP contribution in [-0.4, -0.2) is 35.2 Å². The number of nitrogens with zero attached hydrogens (tertiary/aromatic N) is 2. The molecule has 0 aromatic carbocycles. The SMILES string of the molecule is CC1CCCN(C(=O)C2(C)CC(c3cccs3)=NO2)C1. The van der Waals surface area contributed by atoms with Crippen LogP contribution in [0.4, 0.5) is 0 Å². The van der Waals surface area contributed by atoms with Gasteiger partial charge in [-0.25, -0.2) is 0 Å². The lowest BCUT2D eigenvalue weighted by Crippen LogP contribution is -2.50. The molecule has 4 nitrogen and oxygen atoms in total. The van der Waals surface area contributed by atoms with Crippen molar-refractivity contribution in [3.63, 3.8) is 0 Å². The smallest absolute Gasteiger partial charge is 0.269 e. The van der Waals surface area contributed by atoms with Gasteiger partial charge in [-0.2, -0.15) is 0 Å². The highest BCUT2D eigenvalue weighted by Crippen LogP contribution is 2.31. The van der Waals surface area contributed by atoms with Crippen LogP contribution in [0.15, 0.2) is 22.7 Å². The van der Waals surface area contributed by atoms with E-state index in [1.807, 2.05) is 29.3 Å². The number of amides is 1. The van der Waals surface area contributed by atoms with E-state index in [2.05, 4.69) is 12.1 Å². The lowest BCUT2D eigenvalue weighted by molar-refractivity contribution is -0.155. The molecule has 108 valence electrons. The van der Waals surface area contributed by atoms with Crippen LogP contribution in [0.25, 0.3) is 0 Å². The van der Waals surface area contributed by atoms with Crippen molar-refractivity contribution in [2.24, 2.45) is 11.1 Å². The van der Waals surface area contributed by atoms with E-state index in [1.165, 1.54) is 6.42 Å². The Morgan fingerprint density at radius 1 is 1.60 bits per heavy atom. The summed E-state index contributed by atoms with van der Waals surface area (Å²) in [6.45, 7) is 5.74. The van der Waals surface area contributed by atoms with Crippen LogP contribution in [0.1, 0.15) is 38.0 Å². The molecule has 0 bridgehead atoms. The molecule has 2 aliphatic heterocycles. The van der Waals surface area contributed by atoms with E-state index in [0.717, 1.165) is 30.1 Å². The second-order valence-corrected chi connectivity index (χ2v) is 6.96. The molecule has 1 aromatic heterocycles. The summed E-state index contributed by atoms with van der Waals surface area (Å²) in [5.74, 6) is 0.662. The standard InChI is InChI=1S/C15H20N2O2S/c1-11-5-3-7-17(10-11)14(18)15(2)9-12(16-19-15)13-6-4-8-20-13/h4,6,8,11H,3,5,7,9-10H2,1-2H3. The second-order valence-electron chi connectivity index (χ2n) is 6.01. The minimum atomic E-state index is -0.823. The van der Waals surface area contributed by atoms with Crippen molar-refractivity contribution < 1.29 is 9.63 Å². The van der Waals surface area contributed by atoms with Crippen LogP contribution in [0, 0.1) is 5.92 Å². The van der Waals surface area contributed by atoms with Crippen LogP contribution >= 0.6 is 11.3 Å². The maximum Gasteiger partial charge on any atom is 0.269 e. The first-order valence-corrected chi connectivity index (χ1v) is 8.05. The topological polar surface area (TPSA) is 41.9 Å². The number of oxime groups is 1. The van der Waals surface area contributed by atoms with Gasteiger partial charge in [-0.1, -0.05) is 18.1 Å². The highest BCUT2D eigenvalue weighted by molar-refractivity contribution is 7.12. The van der Waals surface area contributed by atoms with Crippen molar-refractivity contribution in [2.75, 3.05) is 13.1 Å². The van der Waals surface area contributed by atoms with E-state index in [-0.39, 0.29) is 5.91 Å². The molecule has 2 atom stereocenters. The third-order valence-corrected chi connectivity index (χ3v) is 4.98. The zero-order chi connectivity index (χ0) is 14.2. The Hall–Kier alpha value is -1.36. The lowest BCUT2D eigenvalue weighted by atomic mass is 9.94. The van der Waals surface area contributed by atoms with Crippen molar-refractivity contribution in [1.82, 2.24) is 4.90 Å². The zero-order valence-corrected chi connectivity index (χ0v) is 12.8. The Bertz CT molecular complexity index is 526. The monoisotopic (exact) mass is 292 g/mol. The highest BCUT2D eigenvalue weighted by Gasteiger charge is 2.45.